The Kier molecular flexibility index (Phi) is 7.66. The Morgan fingerprint density at radius 2 is 1.66 bits per heavy atom. The molecule has 0 aliphatic rings. The highest BCUT2D eigenvalue weighted by molar-refractivity contribution is 7.90. The van der Waals surface area contributed by atoms with Gasteiger partial charge in [0.25, 0.3) is 0 Å². The fourth-order valence-electron chi connectivity index (χ4n) is 3.07. The van der Waals surface area contributed by atoms with E-state index in [2.05, 4.69) is 10.6 Å². The smallest absolute Gasteiger partial charge is 0.319 e. The molecule has 9 heteroatoms. The van der Waals surface area contributed by atoms with Crippen molar-refractivity contribution >= 4 is 44.8 Å². The average Bonchev–Trinajstić information content (AvgIpc) is 2.76. The Labute approximate surface area is 197 Å². The maximum absolute atomic E-state index is 12.7. The van der Waals surface area contributed by atoms with E-state index in [1.165, 1.54) is 24.3 Å². The van der Waals surface area contributed by atoms with Gasteiger partial charge in [-0.2, -0.15) is 0 Å². The summed E-state index contributed by atoms with van der Waals surface area (Å²) in [6, 6.07) is 17.2. The van der Waals surface area contributed by atoms with Gasteiger partial charge >= 0.3 is 6.03 Å². The molecule has 0 bridgehead atoms. The minimum absolute atomic E-state index is 0.137. The molecule has 0 aromatic heterocycles. The van der Waals surface area contributed by atoms with Crippen molar-refractivity contribution in [3.63, 3.8) is 0 Å². The van der Waals surface area contributed by atoms with Gasteiger partial charge in [-0.25, -0.2) is 13.2 Å². The molecular formula is C23H22Cl2N2O4S. The molecule has 0 heterocycles. The number of hydrogen-bond donors (Lipinski definition) is 2. The van der Waals surface area contributed by atoms with Crippen LogP contribution >= 0.6 is 23.2 Å². The molecule has 0 aliphatic heterocycles. The summed E-state index contributed by atoms with van der Waals surface area (Å²) in [7, 11) is -1.99. The van der Waals surface area contributed by atoms with Crippen LogP contribution in [0.1, 0.15) is 24.1 Å². The lowest BCUT2D eigenvalue weighted by Gasteiger charge is -2.17. The van der Waals surface area contributed by atoms with Crippen LogP contribution < -0.4 is 15.4 Å². The van der Waals surface area contributed by atoms with Gasteiger partial charge in [-0.05, 0) is 60.5 Å². The van der Waals surface area contributed by atoms with Crippen LogP contribution in [0.2, 0.25) is 10.0 Å². The Morgan fingerprint density at radius 1 is 1.00 bits per heavy atom. The van der Waals surface area contributed by atoms with E-state index >= 15 is 0 Å². The van der Waals surface area contributed by atoms with Crippen LogP contribution in [0.5, 0.6) is 5.75 Å². The molecule has 3 rings (SSSR count). The second-order valence-corrected chi connectivity index (χ2v) is 9.87. The van der Waals surface area contributed by atoms with Crippen molar-refractivity contribution in [1.29, 1.82) is 0 Å². The van der Waals surface area contributed by atoms with Crippen molar-refractivity contribution in [3.8, 4) is 5.75 Å². The molecule has 0 fully saturated rings. The number of ether oxygens (including phenoxy) is 1. The van der Waals surface area contributed by atoms with E-state index in [1.807, 2.05) is 0 Å². The predicted octanol–water partition coefficient (Wildman–Crippen LogP) is 5.86. The number of benzene rings is 3. The summed E-state index contributed by atoms with van der Waals surface area (Å²) in [4.78, 5) is 12.5. The monoisotopic (exact) mass is 492 g/mol. The van der Waals surface area contributed by atoms with Crippen molar-refractivity contribution in [2.75, 3.05) is 12.4 Å². The Morgan fingerprint density at radius 3 is 2.28 bits per heavy atom. The molecule has 32 heavy (non-hydrogen) atoms. The van der Waals surface area contributed by atoms with E-state index in [0.717, 1.165) is 0 Å². The van der Waals surface area contributed by atoms with Gasteiger partial charge in [0.15, 0.2) is 9.84 Å². The standard InChI is InChI=1S/C23H22Cl2N2O4S/c1-15(20-4-3-5-21(24)22(20)25)26-23(28)27-17-8-12-19(13-9-17)32(29,30)14-16-6-10-18(31-2)11-7-16/h3-13,15H,14H2,1-2H3,(H2,26,27,28)/t15-/m0/s1. The lowest BCUT2D eigenvalue weighted by atomic mass is 10.1. The number of nitrogens with one attached hydrogen (secondary N) is 2. The van der Waals surface area contributed by atoms with E-state index in [1.54, 1.807) is 56.5 Å². The molecule has 3 aromatic carbocycles. The Hall–Kier alpha value is -2.74. The van der Waals surface area contributed by atoms with E-state index < -0.39 is 15.9 Å². The highest BCUT2D eigenvalue weighted by Crippen LogP contribution is 2.29. The van der Waals surface area contributed by atoms with Crippen molar-refractivity contribution in [2.45, 2.75) is 23.6 Å². The third kappa shape index (κ3) is 5.94. The number of amides is 2. The molecule has 0 saturated carbocycles. The topological polar surface area (TPSA) is 84.5 Å². The van der Waals surface area contributed by atoms with Crippen LogP contribution in [0.15, 0.2) is 71.6 Å². The first kappa shape index (κ1) is 23.9. The van der Waals surface area contributed by atoms with E-state index in [0.29, 0.717) is 32.6 Å². The minimum Gasteiger partial charge on any atom is -0.497 e. The third-order valence-electron chi connectivity index (χ3n) is 4.78. The number of hydrogen-bond acceptors (Lipinski definition) is 4. The first-order valence-corrected chi connectivity index (χ1v) is 12.1. The van der Waals surface area contributed by atoms with Gasteiger partial charge in [0.1, 0.15) is 5.75 Å². The minimum atomic E-state index is -3.54. The highest BCUT2D eigenvalue weighted by atomic mass is 35.5. The fourth-order valence-corrected chi connectivity index (χ4v) is 4.89. The molecule has 0 spiro atoms. The summed E-state index contributed by atoms with van der Waals surface area (Å²) < 4.78 is 30.5. The van der Waals surface area contributed by atoms with Crippen LogP contribution in [0.3, 0.4) is 0 Å². The molecule has 0 unspecified atom stereocenters. The largest absolute Gasteiger partial charge is 0.497 e. The van der Waals surface area contributed by atoms with Crippen LogP contribution in [0.4, 0.5) is 10.5 Å². The summed E-state index contributed by atoms with van der Waals surface area (Å²) in [6.07, 6.45) is 0. The maximum atomic E-state index is 12.7. The number of carbonyl (C=O) groups is 1. The van der Waals surface area contributed by atoms with Gasteiger partial charge in [0.2, 0.25) is 0 Å². The molecule has 3 aromatic rings. The SMILES string of the molecule is COc1ccc(CS(=O)(=O)c2ccc(NC(=O)N[C@@H](C)c3cccc(Cl)c3Cl)cc2)cc1. The van der Waals surface area contributed by atoms with E-state index in [4.69, 9.17) is 27.9 Å². The van der Waals surface area contributed by atoms with Gasteiger partial charge in [0.05, 0.1) is 33.8 Å². The van der Waals surface area contributed by atoms with Gasteiger partial charge in [0, 0.05) is 5.69 Å². The molecule has 6 nitrogen and oxygen atoms in total. The molecule has 1 atom stereocenters. The zero-order chi connectivity index (χ0) is 23.3. The normalized spacial score (nSPS) is 12.1. The second-order valence-electron chi connectivity index (χ2n) is 7.09. The molecule has 168 valence electrons. The number of urea groups is 1. The third-order valence-corrected chi connectivity index (χ3v) is 7.32. The zero-order valence-electron chi connectivity index (χ0n) is 17.4. The number of sulfone groups is 1. The van der Waals surface area contributed by atoms with Crippen molar-refractivity contribution in [2.24, 2.45) is 0 Å². The molecule has 0 aliphatic carbocycles. The summed E-state index contributed by atoms with van der Waals surface area (Å²) >= 11 is 12.2. The maximum Gasteiger partial charge on any atom is 0.319 e. The van der Waals surface area contributed by atoms with Crippen LogP contribution in [-0.2, 0) is 15.6 Å². The van der Waals surface area contributed by atoms with Gasteiger partial charge in [-0.15, -0.1) is 0 Å². The number of anilines is 1. The van der Waals surface area contributed by atoms with Gasteiger partial charge in [-0.1, -0.05) is 47.5 Å². The summed E-state index contributed by atoms with van der Waals surface area (Å²) in [6.45, 7) is 1.78. The van der Waals surface area contributed by atoms with Crippen molar-refractivity contribution in [3.05, 3.63) is 87.9 Å². The second kappa shape index (κ2) is 10.3. The molecule has 0 radical (unpaired) electrons. The highest BCUT2D eigenvalue weighted by Gasteiger charge is 2.17. The number of halogens is 2. The quantitative estimate of drug-likeness (QED) is 0.432. The Balaban J connectivity index is 1.63. The van der Waals surface area contributed by atoms with Gasteiger partial charge < -0.3 is 15.4 Å². The summed E-state index contributed by atoms with van der Waals surface area (Å²) in [5, 5.41) is 6.25. The molecule has 2 amide bonds. The number of rotatable bonds is 7. The zero-order valence-corrected chi connectivity index (χ0v) is 19.8. The summed E-state index contributed by atoms with van der Waals surface area (Å²) in [5.41, 5.74) is 1.80. The van der Waals surface area contributed by atoms with E-state index in [9.17, 15) is 13.2 Å². The van der Waals surface area contributed by atoms with Gasteiger partial charge in [-0.3, -0.25) is 0 Å². The molecule has 0 saturated heterocycles. The lowest BCUT2D eigenvalue weighted by molar-refractivity contribution is 0.249. The molecule has 2 N–H and O–H groups in total. The van der Waals surface area contributed by atoms with Crippen LogP contribution in [0, 0.1) is 0 Å². The van der Waals surface area contributed by atoms with Crippen LogP contribution in [0.25, 0.3) is 0 Å². The van der Waals surface area contributed by atoms with Crippen molar-refractivity contribution in [1.82, 2.24) is 5.32 Å². The van der Waals surface area contributed by atoms with Crippen molar-refractivity contribution < 1.29 is 17.9 Å². The summed E-state index contributed by atoms with van der Waals surface area (Å²) in [5.74, 6) is 0.522. The number of methoxy groups -OCH3 is 1. The van der Waals surface area contributed by atoms with Crippen LogP contribution in [-0.4, -0.2) is 21.6 Å². The molecular weight excluding hydrogens is 471 g/mol. The number of carbonyl (C=O) groups excluding carboxylic acids is 1. The predicted molar refractivity (Wildman–Crippen MR) is 127 cm³/mol. The first-order chi connectivity index (χ1) is 15.2. The van der Waals surface area contributed by atoms with E-state index in [-0.39, 0.29) is 16.7 Å². The first-order valence-electron chi connectivity index (χ1n) is 9.67. The Bertz CT molecular complexity index is 1200. The fraction of sp³-hybridized carbons (Fsp3) is 0.174. The lowest BCUT2D eigenvalue weighted by Crippen LogP contribution is -2.31. The average molecular weight is 493 g/mol.